The van der Waals surface area contributed by atoms with Gasteiger partial charge in [-0.25, -0.2) is 0 Å². The molecule has 0 bridgehead atoms. The largest absolute Gasteiger partial charge is 0.494 e. The highest BCUT2D eigenvalue weighted by molar-refractivity contribution is 5.54. The molecule has 0 aromatic heterocycles. The van der Waals surface area contributed by atoms with Gasteiger partial charge in [-0.05, 0) is 42.8 Å². The number of hydrogen-bond donors (Lipinski definition) is 1. The van der Waals surface area contributed by atoms with Crippen LogP contribution >= 0.6 is 0 Å². The molecule has 0 aliphatic heterocycles. The highest BCUT2D eigenvalue weighted by atomic mass is 16.5. The van der Waals surface area contributed by atoms with Gasteiger partial charge in [0.15, 0.2) is 0 Å². The first kappa shape index (κ1) is 14.3. The first-order valence-corrected chi connectivity index (χ1v) is 6.95. The Balaban J connectivity index is 1.66. The molecule has 3 nitrogen and oxygen atoms in total. The number of nitrogens with zero attached hydrogens (tertiary/aromatic N) is 1. The Labute approximate surface area is 121 Å². The fourth-order valence-electron chi connectivity index (χ4n) is 1.89. The third-order valence-corrected chi connectivity index (χ3v) is 3.05. The van der Waals surface area contributed by atoms with Crippen LogP contribution in [0.15, 0.2) is 54.6 Å². The minimum atomic E-state index is 0.729. The lowest BCUT2D eigenvalue weighted by atomic mass is 10.2. The Morgan fingerprint density at radius 3 is 2.30 bits per heavy atom. The molecule has 0 saturated carbocycles. The molecule has 0 unspecified atom stereocenters. The van der Waals surface area contributed by atoms with E-state index < -0.39 is 0 Å². The third-order valence-electron chi connectivity index (χ3n) is 3.05. The summed E-state index contributed by atoms with van der Waals surface area (Å²) < 4.78 is 5.65. The van der Waals surface area contributed by atoms with Crippen LogP contribution in [-0.2, 0) is 0 Å². The van der Waals surface area contributed by atoms with Crippen molar-refractivity contribution in [2.75, 3.05) is 37.5 Å². The lowest BCUT2D eigenvalue weighted by molar-refractivity contribution is 0.315. The minimum absolute atomic E-state index is 0.729. The molecule has 0 radical (unpaired) electrons. The van der Waals surface area contributed by atoms with E-state index in [0.717, 1.165) is 31.0 Å². The molecule has 1 N–H and O–H groups in total. The van der Waals surface area contributed by atoms with E-state index in [0.29, 0.717) is 0 Å². The van der Waals surface area contributed by atoms with E-state index >= 15 is 0 Å². The zero-order chi connectivity index (χ0) is 14.2. The predicted molar refractivity (Wildman–Crippen MR) is 85.8 cm³/mol. The van der Waals surface area contributed by atoms with Crippen LogP contribution < -0.4 is 15.0 Å². The fraction of sp³-hybridized carbons (Fsp3) is 0.294. The standard InChI is InChI=1S/C17H22N2O/c1-19(2)16-11-9-15(10-12-16)18-13-6-14-20-17-7-4-3-5-8-17/h3-5,7-12,18H,6,13-14H2,1-2H3. The molecule has 2 aromatic carbocycles. The molecule has 20 heavy (non-hydrogen) atoms. The van der Waals surface area contributed by atoms with E-state index in [2.05, 4.69) is 34.5 Å². The maximum Gasteiger partial charge on any atom is 0.119 e. The third kappa shape index (κ3) is 4.50. The second-order valence-corrected chi connectivity index (χ2v) is 4.88. The maximum atomic E-state index is 5.65. The summed E-state index contributed by atoms with van der Waals surface area (Å²) in [6.07, 6.45) is 0.977. The Bertz CT molecular complexity index is 494. The van der Waals surface area contributed by atoms with Crippen molar-refractivity contribution in [1.29, 1.82) is 0 Å². The van der Waals surface area contributed by atoms with Gasteiger partial charge in [0.25, 0.3) is 0 Å². The Morgan fingerprint density at radius 1 is 0.950 bits per heavy atom. The lowest BCUT2D eigenvalue weighted by Gasteiger charge is -2.13. The van der Waals surface area contributed by atoms with Crippen molar-refractivity contribution < 1.29 is 4.74 Å². The van der Waals surface area contributed by atoms with Crippen LogP contribution in [0.25, 0.3) is 0 Å². The fourth-order valence-corrected chi connectivity index (χ4v) is 1.89. The highest BCUT2D eigenvalue weighted by Crippen LogP contribution is 2.15. The molecule has 0 amide bonds. The van der Waals surface area contributed by atoms with Crippen LogP contribution in [0.2, 0.25) is 0 Å². The van der Waals surface area contributed by atoms with Gasteiger partial charge in [0.05, 0.1) is 6.61 Å². The molecular weight excluding hydrogens is 248 g/mol. The van der Waals surface area contributed by atoms with E-state index in [1.807, 2.05) is 44.4 Å². The zero-order valence-electron chi connectivity index (χ0n) is 12.2. The van der Waals surface area contributed by atoms with Crippen LogP contribution in [0.1, 0.15) is 6.42 Å². The Kier molecular flexibility index (Phi) is 5.30. The van der Waals surface area contributed by atoms with Crippen molar-refractivity contribution in [1.82, 2.24) is 0 Å². The normalized spacial score (nSPS) is 10.1. The van der Waals surface area contributed by atoms with Crippen molar-refractivity contribution in [2.45, 2.75) is 6.42 Å². The van der Waals surface area contributed by atoms with Crippen LogP contribution in [0.5, 0.6) is 5.75 Å². The van der Waals surface area contributed by atoms with E-state index in [1.54, 1.807) is 0 Å². The second kappa shape index (κ2) is 7.43. The number of anilines is 2. The molecule has 2 rings (SSSR count). The van der Waals surface area contributed by atoms with Gasteiger partial charge in [0.1, 0.15) is 5.75 Å². The highest BCUT2D eigenvalue weighted by Gasteiger charge is 1.96. The number of nitrogens with one attached hydrogen (secondary N) is 1. The molecule has 106 valence electrons. The average molecular weight is 270 g/mol. The average Bonchev–Trinajstić information content (AvgIpc) is 2.48. The molecule has 3 heteroatoms. The Morgan fingerprint density at radius 2 is 1.65 bits per heavy atom. The summed E-state index contributed by atoms with van der Waals surface area (Å²) in [7, 11) is 4.09. The van der Waals surface area contributed by atoms with Gasteiger partial charge in [-0.15, -0.1) is 0 Å². The van der Waals surface area contributed by atoms with Gasteiger partial charge >= 0.3 is 0 Å². The molecule has 0 atom stereocenters. The Hall–Kier alpha value is -2.16. The molecule has 0 aliphatic carbocycles. The molecular formula is C17H22N2O. The quantitative estimate of drug-likeness (QED) is 0.777. The van der Waals surface area contributed by atoms with Gasteiger partial charge in [-0.3, -0.25) is 0 Å². The van der Waals surface area contributed by atoms with E-state index in [1.165, 1.54) is 5.69 Å². The van der Waals surface area contributed by atoms with Crippen LogP contribution in [-0.4, -0.2) is 27.2 Å². The molecule has 0 spiro atoms. The smallest absolute Gasteiger partial charge is 0.119 e. The van der Waals surface area contributed by atoms with Crippen LogP contribution in [0, 0.1) is 0 Å². The molecule has 0 saturated heterocycles. The second-order valence-electron chi connectivity index (χ2n) is 4.88. The number of para-hydroxylation sites is 1. The first-order chi connectivity index (χ1) is 9.75. The van der Waals surface area contributed by atoms with Crippen LogP contribution in [0.3, 0.4) is 0 Å². The summed E-state index contributed by atoms with van der Waals surface area (Å²) in [4.78, 5) is 2.09. The van der Waals surface area contributed by atoms with Gasteiger partial charge in [-0.2, -0.15) is 0 Å². The molecule has 0 aliphatic rings. The lowest BCUT2D eigenvalue weighted by Crippen LogP contribution is -2.09. The van der Waals surface area contributed by atoms with E-state index in [9.17, 15) is 0 Å². The van der Waals surface area contributed by atoms with E-state index in [4.69, 9.17) is 4.74 Å². The summed E-state index contributed by atoms with van der Waals surface area (Å²) in [5, 5.41) is 3.40. The topological polar surface area (TPSA) is 24.5 Å². The van der Waals surface area contributed by atoms with Gasteiger partial charge < -0.3 is 15.0 Å². The van der Waals surface area contributed by atoms with Crippen molar-refractivity contribution in [3.8, 4) is 5.75 Å². The number of ether oxygens (including phenoxy) is 1. The van der Waals surface area contributed by atoms with Crippen molar-refractivity contribution in [2.24, 2.45) is 0 Å². The summed E-state index contributed by atoms with van der Waals surface area (Å²) in [6, 6.07) is 18.4. The van der Waals surface area contributed by atoms with Gasteiger partial charge in [0, 0.05) is 32.0 Å². The molecule has 0 heterocycles. The molecule has 2 aromatic rings. The zero-order valence-corrected chi connectivity index (χ0v) is 12.2. The maximum absolute atomic E-state index is 5.65. The van der Waals surface area contributed by atoms with Gasteiger partial charge in [0.2, 0.25) is 0 Å². The van der Waals surface area contributed by atoms with E-state index in [-0.39, 0.29) is 0 Å². The summed E-state index contributed by atoms with van der Waals surface area (Å²) in [6.45, 7) is 1.64. The minimum Gasteiger partial charge on any atom is -0.494 e. The predicted octanol–water partition coefficient (Wildman–Crippen LogP) is 3.63. The molecule has 0 fully saturated rings. The van der Waals surface area contributed by atoms with Crippen molar-refractivity contribution in [3.05, 3.63) is 54.6 Å². The number of hydrogen-bond acceptors (Lipinski definition) is 3. The summed E-state index contributed by atoms with van der Waals surface area (Å²) >= 11 is 0. The summed E-state index contributed by atoms with van der Waals surface area (Å²) in [5.41, 5.74) is 2.36. The van der Waals surface area contributed by atoms with Crippen molar-refractivity contribution >= 4 is 11.4 Å². The SMILES string of the molecule is CN(C)c1ccc(NCCCOc2ccccc2)cc1. The van der Waals surface area contributed by atoms with Crippen molar-refractivity contribution in [3.63, 3.8) is 0 Å². The first-order valence-electron chi connectivity index (χ1n) is 6.95. The van der Waals surface area contributed by atoms with Gasteiger partial charge in [-0.1, -0.05) is 18.2 Å². The number of benzene rings is 2. The number of rotatable bonds is 7. The van der Waals surface area contributed by atoms with Crippen LogP contribution in [0.4, 0.5) is 11.4 Å². The summed E-state index contributed by atoms with van der Waals surface area (Å²) in [5.74, 6) is 0.933. The monoisotopic (exact) mass is 270 g/mol.